The van der Waals surface area contributed by atoms with E-state index in [9.17, 15) is 4.79 Å². The van der Waals surface area contributed by atoms with Gasteiger partial charge in [0.1, 0.15) is 5.69 Å². The zero-order valence-corrected chi connectivity index (χ0v) is 22.1. The highest BCUT2D eigenvalue weighted by Crippen LogP contribution is 2.31. The summed E-state index contributed by atoms with van der Waals surface area (Å²) in [4.78, 5) is 18.0. The van der Waals surface area contributed by atoms with Crippen molar-refractivity contribution >= 4 is 5.91 Å². The van der Waals surface area contributed by atoms with Crippen molar-refractivity contribution in [3.05, 3.63) is 77.1 Å². The number of likely N-dealkylation sites (N-methyl/N-ethyl adjacent to an activating group) is 1. The Morgan fingerprint density at radius 1 is 1.03 bits per heavy atom. The van der Waals surface area contributed by atoms with Crippen molar-refractivity contribution in [2.24, 2.45) is 13.0 Å². The molecule has 1 aromatic heterocycles. The van der Waals surface area contributed by atoms with E-state index < -0.39 is 0 Å². The maximum atomic E-state index is 13.5. The predicted octanol–water partition coefficient (Wildman–Crippen LogP) is 4.34. The Kier molecular flexibility index (Phi) is 8.31. The molecule has 0 spiro atoms. The van der Waals surface area contributed by atoms with Crippen LogP contribution >= 0.6 is 0 Å². The lowest BCUT2D eigenvalue weighted by molar-refractivity contribution is 0.0575. The summed E-state index contributed by atoms with van der Waals surface area (Å²) in [5, 5.41) is 4.39. The van der Waals surface area contributed by atoms with E-state index in [-0.39, 0.29) is 11.9 Å². The predicted molar refractivity (Wildman–Crippen MR) is 142 cm³/mol. The Labute approximate surface area is 214 Å². The number of aromatic nitrogens is 2. The Hall–Kier alpha value is -3.32. The van der Waals surface area contributed by atoms with E-state index in [1.807, 2.05) is 44.1 Å². The summed E-state index contributed by atoms with van der Waals surface area (Å²) in [6.07, 6.45) is 2.94. The van der Waals surface area contributed by atoms with Crippen molar-refractivity contribution in [2.45, 2.75) is 38.8 Å². The fourth-order valence-corrected chi connectivity index (χ4v) is 5.35. The Balaban J connectivity index is 1.46. The molecule has 1 atom stereocenters. The van der Waals surface area contributed by atoms with Gasteiger partial charge in [0, 0.05) is 26.7 Å². The third kappa shape index (κ3) is 5.90. The number of methoxy groups -OCH3 is 2. The molecule has 0 N–H and O–H groups in total. The lowest BCUT2D eigenvalue weighted by atomic mass is 9.84. The van der Waals surface area contributed by atoms with Crippen LogP contribution in [0.2, 0.25) is 0 Å². The van der Waals surface area contributed by atoms with Crippen molar-refractivity contribution in [2.75, 3.05) is 34.4 Å². The van der Waals surface area contributed by atoms with E-state index in [1.54, 1.807) is 18.9 Å². The molecule has 7 heteroatoms. The topological polar surface area (TPSA) is 59.8 Å². The first-order valence-corrected chi connectivity index (χ1v) is 12.6. The summed E-state index contributed by atoms with van der Waals surface area (Å²) < 4.78 is 12.5. The number of aryl methyl sites for hydroxylation is 2. The van der Waals surface area contributed by atoms with Crippen LogP contribution in [0.4, 0.5) is 0 Å². The Morgan fingerprint density at radius 2 is 1.72 bits per heavy atom. The van der Waals surface area contributed by atoms with Crippen molar-refractivity contribution in [3.63, 3.8) is 0 Å². The Morgan fingerprint density at radius 3 is 2.33 bits per heavy atom. The molecule has 36 heavy (non-hydrogen) atoms. The first-order valence-electron chi connectivity index (χ1n) is 12.6. The van der Waals surface area contributed by atoms with Crippen molar-refractivity contribution in [3.8, 4) is 11.5 Å². The number of nitrogens with zero attached hydrogens (tertiary/aromatic N) is 4. The minimum atomic E-state index is 0.0341. The van der Waals surface area contributed by atoms with Gasteiger partial charge in [0.15, 0.2) is 11.5 Å². The number of carbonyl (C=O) groups excluding carboxylic acids is 1. The second-order valence-electron chi connectivity index (χ2n) is 9.77. The molecule has 2 aromatic carbocycles. The Bertz CT molecular complexity index is 1150. The zero-order chi connectivity index (χ0) is 25.7. The van der Waals surface area contributed by atoms with E-state index in [2.05, 4.69) is 46.4 Å². The molecule has 1 unspecified atom stereocenters. The summed E-state index contributed by atoms with van der Waals surface area (Å²) in [5.41, 5.74) is 3.97. The van der Waals surface area contributed by atoms with E-state index >= 15 is 0 Å². The van der Waals surface area contributed by atoms with E-state index in [1.165, 1.54) is 11.1 Å². The van der Waals surface area contributed by atoms with Crippen LogP contribution < -0.4 is 9.47 Å². The van der Waals surface area contributed by atoms with Crippen LogP contribution in [0.3, 0.4) is 0 Å². The summed E-state index contributed by atoms with van der Waals surface area (Å²) in [7, 11) is 7.12. The molecule has 0 bridgehead atoms. The minimum Gasteiger partial charge on any atom is -0.493 e. The molecule has 3 aromatic rings. The number of piperidine rings is 1. The normalized spacial score (nSPS) is 15.5. The molecule has 1 aliphatic rings. The number of likely N-dealkylation sites (tertiary alicyclic amines) is 1. The highest BCUT2D eigenvalue weighted by atomic mass is 16.5. The van der Waals surface area contributed by atoms with Gasteiger partial charge >= 0.3 is 0 Å². The highest BCUT2D eigenvalue weighted by molar-refractivity contribution is 5.92. The van der Waals surface area contributed by atoms with Gasteiger partial charge in [0.25, 0.3) is 5.91 Å². The summed E-state index contributed by atoms with van der Waals surface area (Å²) in [5.74, 6) is 1.97. The molecule has 0 aliphatic carbocycles. The highest BCUT2D eigenvalue weighted by Gasteiger charge is 2.33. The lowest BCUT2D eigenvalue weighted by Crippen LogP contribution is -2.47. The summed E-state index contributed by atoms with van der Waals surface area (Å²) in [6.45, 7) is 4.79. The standard InChI is InChI=1S/C29H38N4O3/c1-21-17-26(32(3)30-21)29(34)31(2)25(18-22-9-7-6-8-10-22)24-13-15-33(16-14-24)20-23-11-12-27(35-4)28(19-23)36-5/h6-12,17,19,24-25H,13-16,18,20H2,1-5H3. The number of hydrogen-bond acceptors (Lipinski definition) is 5. The molecule has 4 rings (SSSR count). The fourth-order valence-electron chi connectivity index (χ4n) is 5.35. The molecule has 0 radical (unpaired) electrons. The maximum Gasteiger partial charge on any atom is 0.272 e. The van der Waals surface area contributed by atoms with Crippen LogP contribution in [0.5, 0.6) is 11.5 Å². The van der Waals surface area contributed by atoms with Crippen LogP contribution in [0.1, 0.15) is 40.2 Å². The summed E-state index contributed by atoms with van der Waals surface area (Å²) >= 11 is 0. The van der Waals surface area contributed by atoms with Crippen LogP contribution in [0, 0.1) is 12.8 Å². The van der Waals surface area contributed by atoms with Crippen LogP contribution in [0.15, 0.2) is 54.6 Å². The van der Waals surface area contributed by atoms with E-state index in [0.29, 0.717) is 11.6 Å². The second-order valence-corrected chi connectivity index (χ2v) is 9.77. The SMILES string of the molecule is COc1ccc(CN2CCC(C(Cc3ccccc3)N(C)C(=O)c3cc(C)nn3C)CC2)cc1OC. The number of hydrogen-bond donors (Lipinski definition) is 0. The van der Waals surface area contributed by atoms with Gasteiger partial charge < -0.3 is 14.4 Å². The second kappa shape index (κ2) is 11.6. The van der Waals surface area contributed by atoms with Crippen molar-refractivity contribution in [1.29, 1.82) is 0 Å². The van der Waals surface area contributed by atoms with Gasteiger partial charge in [-0.05, 0) is 74.5 Å². The first kappa shape index (κ1) is 25.8. The van der Waals surface area contributed by atoms with Gasteiger partial charge in [-0.1, -0.05) is 36.4 Å². The lowest BCUT2D eigenvalue weighted by Gasteiger charge is -2.40. The third-order valence-electron chi connectivity index (χ3n) is 7.36. The smallest absolute Gasteiger partial charge is 0.272 e. The van der Waals surface area contributed by atoms with Crippen LogP contribution in [0.25, 0.3) is 0 Å². The average molecular weight is 491 g/mol. The quantitative estimate of drug-likeness (QED) is 0.447. The number of rotatable bonds is 9. The molecular weight excluding hydrogens is 452 g/mol. The number of benzene rings is 2. The molecule has 1 aliphatic heterocycles. The molecular formula is C29H38N4O3. The van der Waals surface area contributed by atoms with Crippen molar-refractivity contribution in [1.82, 2.24) is 19.6 Å². The molecule has 1 fully saturated rings. The molecule has 1 amide bonds. The molecule has 1 saturated heterocycles. The minimum absolute atomic E-state index is 0.0341. The van der Waals surface area contributed by atoms with Crippen molar-refractivity contribution < 1.29 is 14.3 Å². The third-order valence-corrected chi connectivity index (χ3v) is 7.36. The first-order chi connectivity index (χ1) is 17.4. The van der Waals surface area contributed by atoms with E-state index in [0.717, 1.165) is 56.1 Å². The average Bonchev–Trinajstić information content (AvgIpc) is 3.25. The molecule has 0 saturated carbocycles. The van der Waals surface area contributed by atoms with E-state index in [4.69, 9.17) is 9.47 Å². The molecule has 2 heterocycles. The van der Waals surface area contributed by atoms with Gasteiger partial charge in [-0.2, -0.15) is 5.10 Å². The maximum absolute atomic E-state index is 13.5. The van der Waals surface area contributed by atoms with Gasteiger partial charge in [-0.3, -0.25) is 14.4 Å². The largest absolute Gasteiger partial charge is 0.493 e. The van der Waals surface area contributed by atoms with Gasteiger partial charge in [0.2, 0.25) is 0 Å². The number of ether oxygens (including phenoxy) is 2. The fraction of sp³-hybridized carbons (Fsp3) is 0.448. The monoisotopic (exact) mass is 490 g/mol. The molecule has 192 valence electrons. The summed E-state index contributed by atoms with van der Waals surface area (Å²) in [6, 6.07) is 18.6. The zero-order valence-electron chi connectivity index (χ0n) is 22.1. The van der Waals surface area contributed by atoms with Gasteiger partial charge in [-0.25, -0.2) is 0 Å². The molecule has 7 nitrogen and oxygen atoms in total. The number of carbonyl (C=O) groups is 1. The van der Waals surface area contributed by atoms with Crippen LogP contribution in [-0.4, -0.2) is 65.9 Å². The van der Waals surface area contributed by atoms with Crippen LogP contribution in [-0.2, 0) is 20.0 Å². The number of amides is 1. The van der Waals surface area contributed by atoms with Gasteiger partial charge in [0.05, 0.1) is 19.9 Å². The van der Waals surface area contributed by atoms with Gasteiger partial charge in [-0.15, -0.1) is 0 Å².